The highest BCUT2D eigenvalue weighted by molar-refractivity contribution is 5.07. The Labute approximate surface area is 76.8 Å². The summed E-state index contributed by atoms with van der Waals surface area (Å²) in [6, 6.07) is 0. The van der Waals surface area contributed by atoms with Crippen molar-refractivity contribution in [2.45, 2.75) is 33.6 Å². The van der Waals surface area contributed by atoms with E-state index in [9.17, 15) is 0 Å². The molecule has 65 valence electrons. The minimum atomic E-state index is 0.411. The average Bonchev–Trinajstić information content (AvgIpc) is 2.05. The Morgan fingerprint density at radius 1 is 1.25 bits per heavy atom. The smallest absolute Gasteiger partial charge is 0.0209 e. The Bertz CT molecular complexity index is 216. The topological polar surface area (TPSA) is 0 Å². The lowest BCUT2D eigenvalue weighted by Gasteiger charge is -2.10. The van der Waals surface area contributed by atoms with Crippen LogP contribution in [0, 0.1) is 42.4 Å². The Kier molecular flexibility index (Phi) is 6.31. The van der Waals surface area contributed by atoms with Gasteiger partial charge in [-0.2, -0.15) is 0 Å². The molecule has 0 fully saturated rings. The number of rotatable bonds is 2. The van der Waals surface area contributed by atoms with Crippen LogP contribution < -0.4 is 0 Å². The quantitative estimate of drug-likeness (QED) is 0.546. The van der Waals surface area contributed by atoms with Crippen LogP contribution in [-0.2, 0) is 0 Å². The van der Waals surface area contributed by atoms with E-state index >= 15 is 0 Å². The fourth-order valence-electron chi connectivity index (χ4n) is 0.838. The zero-order chi connectivity index (χ0) is 9.40. The first-order chi connectivity index (χ1) is 5.72. The first-order valence-corrected chi connectivity index (χ1v) is 4.45. The lowest BCUT2D eigenvalue weighted by Crippen LogP contribution is -2.04. The molecule has 0 heteroatoms. The molecule has 0 amide bonds. The molecule has 0 aliphatic rings. The summed E-state index contributed by atoms with van der Waals surface area (Å²) in [4.78, 5) is 0. The molecule has 0 aliphatic heterocycles. The molecule has 0 nitrogen and oxygen atoms in total. The second-order valence-corrected chi connectivity index (χ2v) is 3.00. The van der Waals surface area contributed by atoms with Crippen molar-refractivity contribution >= 4 is 0 Å². The van der Waals surface area contributed by atoms with Gasteiger partial charge in [0.05, 0.1) is 0 Å². The van der Waals surface area contributed by atoms with Crippen LogP contribution in [0.2, 0.25) is 0 Å². The Hall–Kier alpha value is -0.880. The van der Waals surface area contributed by atoms with Gasteiger partial charge in [-0.15, -0.1) is 17.8 Å². The molecular weight excluding hydrogens is 144 g/mol. The van der Waals surface area contributed by atoms with Gasteiger partial charge in [0.1, 0.15) is 0 Å². The molecule has 1 radical (unpaired) electrons. The maximum absolute atomic E-state index is 3.51. The van der Waals surface area contributed by atoms with E-state index in [1.807, 2.05) is 0 Å². The zero-order valence-electron chi connectivity index (χ0n) is 8.28. The van der Waals surface area contributed by atoms with Crippen LogP contribution in [0.15, 0.2) is 0 Å². The maximum Gasteiger partial charge on any atom is 0.0209 e. The van der Waals surface area contributed by atoms with Crippen molar-refractivity contribution in [2.24, 2.45) is 11.8 Å². The maximum atomic E-state index is 3.51. The van der Waals surface area contributed by atoms with E-state index in [0.717, 1.165) is 12.8 Å². The fourth-order valence-corrected chi connectivity index (χ4v) is 0.838. The van der Waals surface area contributed by atoms with Crippen molar-refractivity contribution in [3.05, 3.63) is 6.92 Å². The largest absolute Gasteiger partial charge is 0.104 e. The molecule has 0 aromatic heterocycles. The van der Waals surface area contributed by atoms with Gasteiger partial charge in [0.2, 0.25) is 0 Å². The summed E-state index contributed by atoms with van der Waals surface area (Å²) in [7, 11) is 0. The lowest BCUT2D eigenvalue weighted by molar-refractivity contribution is 0.485. The third-order valence-corrected chi connectivity index (χ3v) is 1.91. The normalized spacial score (nSPS) is 13.3. The third kappa shape index (κ3) is 4.86. The summed E-state index contributed by atoms with van der Waals surface area (Å²) in [5.74, 6) is 12.9. The summed E-state index contributed by atoms with van der Waals surface area (Å²) in [6.45, 7) is 9.88. The van der Waals surface area contributed by atoms with E-state index in [1.165, 1.54) is 0 Å². The third-order valence-electron chi connectivity index (χ3n) is 1.91. The number of hydrogen-bond donors (Lipinski definition) is 0. The van der Waals surface area contributed by atoms with Gasteiger partial charge in [0.15, 0.2) is 0 Å². The van der Waals surface area contributed by atoms with Gasteiger partial charge in [-0.05, 0) is 5.92 Å². The van der Waals surface area contributed by atoms with E-state index < -0.39 is 0 Å². The Morgan fingerprint density at radius 3 is 2.42 bits per heavy atom. The predicted molar refractivity (Wildman–Crippen MR) is 54.1 cm³/mol. The molecule has 0 aromatic rings. The van der Waals surface area contributed by atoms with Crippen molar-refractivity contribution in [1.29, 1.82) is 0 Å². The van der Waals surface area contributed by atoms with Crippen LogP contribution in [0.25, 0.3) is 0 Å². The van der Waals surface area contributed by atoms with Crippen molar-refractivity contribution in [3.8, 4) is 23.7 Å². The van der Waals surface area contributed by atoms with Crippen LogP contribution in [0.4, 0.5) is 0 Å². The van der Waals surface area contributed by atoms with Crippen molar-refractivity contribution in [3.63, 3.8) is 0 Å². The van der Waals surface area contributed by atoms with Crippen LogP contribution in [0.5, 0.6) is 0 Å². The Balaban J connectivity index is 3.83. The molecule has 2 unspecified atom stereocenters. The summed E-state index contributed by atoms with van der Waals surface area (Å²) in [6.07, 6.45) is 1.89. The second-order valence-electron chi connectivity index (χ2n) is 3.00. The van der Waals surface area contributed by atoms with Gasteiger partial charge >= 0.3 is 0 Å². The van der Waals surface area contributed by atoms with E-state index in [-0.39, 0.29) is 0 Å². The zero-order valence-corrected chi connectivity index (χ0v) is 8.28. The molecular formula is C12H17. The highest BCUT2D eigenvalue weighted by Gasteiger charge is 2.06. The van der Waals surface area contributed by atoms with Crippen molar-refractivity contribution < 1.29 is 0 Å². The van der Waals surface area contributed by atoms with Crippen molar-refractivity contribution in [1.82, 2.24) is 0 Å². The van der Waals surface area contributed by atoms with Crippen LogP contribution in [0.3, 0.4) is 0 Å². The molecule has 0 saturated carbocycles. The molecule has 0 aromatic carbocycles. The molecule has 0 rings (SSSR count). The molecule has 2 atom stereocenters. The van der Waals surface area contributed by atoms with Gasteiger partial charge < -0.3 is 0 Å². The molecule has 0 aliphatic carbocycles. The van der Waals surface area contributed by atoms with Gasteiger partial charge in [-0.1, -0.05) is 26.7 Å². The predicted octanol–water partition coefficient (Wildman–Crippen LogP) is 2.90. The Morgan fingerprint density at radius 2 is 1.92 bits per heavy atom. The first kappa shape index (κ1) is 11.1. The molecule has 0 heterocycles. The second kappa shape index (κ2) is 6.81. The van der Waals surface area contributed by atoms with Gasteiger partial charge in [0, 0.05) is 25.7 Å². The van der Waals surface area contributed by atoms with Crippen molar-refractivity contribution in [2.75, 3.05) is 0 Å². The monoisotopic (exact) mass is 161 g/mol. The summed E-state index contributed by atoms with van der Waals surface area (Å²) in [5.41, 5.74) is 0. The minimum absolute atomic E-state index is 0.411. The summed E-state index contributed by atoms with van der Waals surface area (Å²) >= 11 is 0. The molecule has 12 heavy (non-hydrogen) atoms. The average molecular weight is 161 g/mol. The summed E-state index contributed by atoms with van der Waals surface area (Å²) < 4.78 is 0. The summed E-state index contributed by atoms with van der Waals surface area (Å²) in [5, 5.41) is 0. The molecule has 0 spiro atoms. The number of hydrogen-bond acceptors (Lipinski definition) is 0. The minimum Gasteiger partial charge on any atom is -0.104 e. The van der Waals surface area contributed by atoms with Crippen LogP contribution in [-0.4, -0.2) is 0 Å². The van der Waals surface area contributed by atoms with E-state index in [4.69, 9.17) is 0 Å². The molecule has 0 saturated heterocycles. The highest BCUT2D eigenvalue weighted by atomic mass is 14.1. The van der Waals surface area contributed by atoms with E-state index in [2.05, 4.69) is 51.4 Å². The van der Waals surface area contributed by atoms with E-state index in [1.54, 1.807) is 0 Å². The lowest BCUT2D eigenvalue weighted by atomic mass is 9.94. The molecule has 0 N–H and O–H groups in total. The van der Waals surface area contributed by atoms with Gasteiger partial charge in [-0.25, -0.2) is 0 Å². The highest BCUT2D eigenvalue weighted by Crippen LogP contribution is 2.12. The molecule has 0 bridgehead atoms. The van der Waals surface area contributed by atoms with Crippen LogP contribution >= 0.6 is 0 Å². The SMILES string of the molecule is [CH2]C#CC(C)C(C)CC#CCC. The standard InChI is InChI=1S/C12H17/c1-5-7-8-10-12(4)11(3)9-6-2/h11-12H,2,5,10H2,1,3-4H3. The van der Waals surface area contributed by atoms with Crippen LogP contribution in [0.1, 0.15) is 33.6 Å². The van der Waals surface area contributed by atoms with Gasteiger partial charge in [0.25, 0.3) is 0 Å². The first-order valence-electron chi connectivity index (χ1n) is 4.45. The fraction of sp³-hybridized carbons (Fsp3) is 0.583. The van der Waals surface area contributed by atoms with E-state index in [0.29, 0.717) is 11.8 Å². The van der Waals surface area contributed by atoms with Gasteiger partial charge in [-0.3, -0.25) is 0 Å².